The number of ether oxygens (including phenoxy) is 1. The van der Waals surface area contributed by atoms with Crippen molar-refractivity contribution in [3.63, 3.8) is 0 Å². The van der Waals surface area contributed by atoms with E-state index < -0.39 is 0 Å². The van der Waals surface area contributed by atoms with Crippen LogP contribution in [0.2, 0.25) is 0 Å². The molecule has 29 heavy (non-hydrogen) atoms. The van der Waals surface area contributed by atoms with Gasteiger partial charge < -0.3 is 14.2 Å². The molecule has 1 fully saturated rings. The quantitative estimate of drug-likeness (QED) is 0.563. The van der Waals surface area contributed by atoms with Gasteiger partial charge in [-0.1, -0.05) is 51.4 Å². The summed E-state index contributed by atoms with van der Waals surface area (Å²) in [6, 6.07) is 19.3. The van der Waals surface area contributed by atoms with E-state index in [0.29, 0.717) is 25.4 Å². The highest BCUT2D eigenvalue weighted by Gasteiger charge is 2.25. The average Bonchev–Trinajstić information content (AvgIpc) is 3.25. The molecule has 150 valence electrons. The lowest BCUT2D eigenvalue weighted by Gasteiger charge is -2.34. The molecule has 1 aromatic heterocycles. The number of amides is 1. The molecule has 6 nitrogen and oxygen atoms in total. The van der Waals surface area contributed by atoms with Crippen LogP contribution >= 0.6 is 15.9 Å². The van der Waals surface area contributed by atoms with Crippen molar-refractivity contribution in [2.45, 2.75) is 0 Å². The Hall–Kier alpha value is -2.64. The monoisotopic (exact) mass is 455 g/mol. The number of rotatable bonds is 6. The topological polar surface area (TPSA) is 58.8 Å². The Balaban J connectivity index is 1.26. The lowest BCUT2D eigenvalue weighted by atomic mass is 10.1. The minimum Gasteiger partial charge on any atom is -0.492 e. The lowest BCUT2D eigenvalue weighted by Crippen LogP contribution is -2.49. The molecule has 0 bridgehead atoms. The van der Waals surface area contributed by atoms with Gasteiger partial charge in [0.25, 0.3) is 5.91 Å². The highest BCUT2D eigenvalue weighted by atomic mass is 79.9. The van der Waals surface area contributed by atoms with Crippen LogP contribution in [0.3, 0.4) is 0 Å². The molecule has 0 N–H and O–H groups in total. The first-order valence-corrected chi connectivity index (χ1v) is 10.4. The summed E-state index contributed by atoms with van der Waals surface area (Å²) in [4.78, 5) is 16.9. The number of aromatic nitrogens is 1. The zero-order valence-electron chi connectivity index (χ0n) is 16.0. The molecule has 2 aromatic carbocycles. The fraction of sp³-hybridized carbons (Fsp3) is 0.273. The SMILES string of the molecule is O=C(c1cc(-c2ccc(Br)cc2)no1)N1CCN(CCOc2ccccc2)CC1. The van der Waals surface area contributed by atoms with Crippen molar-refractivity contribution in [1.29, 1.82) is 0 Å². The molecule has 0 aliphatic carbocycles. The fourth-order valence-corrected chi connectivity index (χ4v) is 3.54. The van der Waals surface area contributed by atoms with Gasteiger partial charge in [-0.15, -0.1) is 0 Å². The zero-order valence-corrected chi connectivity index (χ0v) is 17.5. The van der Waals surface area contributed by atoms with E-state index in [-0.39, 0.29) is 11.7 Å². The van der Waals surface area contributed by atoms with E-state index in [1.54, 1.807) is 6.07 Å². The number of hydrogen-bond donors (Lipinski definition) is 0. The average molecular weight is 456 g/mol. The largest absolute Gasteiger partial charge is 0.492 e. The molecule has 2 heterocycles. The van der Waals surface area contributed by atoms with Crippen LogP contribution in [0.5, 0.6) is 5.75 Å². The molecular weight excluding hydrogens is 434 g/mol. The predicted octanol–water partition coefficient (Wildman–Crippen LogP) is 3.94. The van der Waals surface area contributed by atoms with E-state index >= 15 is 0 Å². The molecule has 4 rings (SSSR count). The van der Waals surface area contributed by atoms with Crippen LogP contribution in [-0.4, -0.2) is 60.2 Å². The van der Waals surface area contributed by atoms with Crippen LogP contribution in [-0.2, 0) is 0 Å². The van der Waals surface area contributed by atoms with E-state index in [0.717, 1.165) is 35.4 Å². The van der Waals surface area contributed by atoms with Gasteiger partial charge in [-0.2, -0.15) is 0 Å². The second kappa shape index (κ2) is 9.24. The highest BCUT2D eigenvalue weighted by Crippen LogP contribution is 2.22. The number of carbonyl (C=O) groups is 1. The van der Waals surface area contributed by atoms with Crippen molar-refractivity contribution in [1.82, 2.24) is 15.0 Å². The number of hydrogen-bond acceptors (Lipinski definition) is 5. The van der Waals surface area contributed by atoms with Crippen LogP contribution in [0, 0.1) is 0 Å². The van der Waals surface area contributed by atoms with Crippen molar-refractivity contribution in [3.8, 4) is 17.0 Å². The maximum Gasteiger partial charge on any atom is 0.292 e. The lowest BCUT2D eigenvalue weighted by molar-refractivity contribution is 0.0581. The summed E-state index contributed by atoms with van der Waals surface area (Å²) in [6.07, 6.45) is 0. The second-order valence-electron chi connectivity index (χ2n) is 6.88. The summed E-state index contributed by atoms with van der Waals surface area (Å²) in [7, 11) is 0. The smallest absolute Gasteiger partial charge is 0.292 e. The molecule has 0 saturated carbocycles. The van der Waals surface area contributed by atoms with Gasteiger partial charge in [0, 0.05) is 48.8 Å². The molecule has 1 amide bonds. The number of para-hydroxylation sites is 1. The maximum atomic E-state index is 12.7. The summed E-state index contributed by atoms with van der Waals surface area (Å²) in [5, 5.41) is 4.05. The molecule has 1 aliphatic heterocycles. The Morgan fingerprint density at radius 2 is 1.76 bits per heavy atom. The number of nitrogens with zero attached hydrogens (tertiary/aromatic N) is 3. The van der Waals surface area contributed by atoms with Crippen LogP contribution in [0.4, 0.5) is 0 Å². The van der Waals surface area contributed by atoms with E-state index in [4.69, 9.17) is 9.26 Å². The Morgan fingerprint density at radius 3 is 2.48 bits per heavy atom. The van der Waals surface area contributed by atoms with Gasteiger partial charge in [0.15, 0.2) is 0 Å². The Labute approximate surface area is 178 Å². The third-order valence-corrected chi connectivity index (χ3v) is 5.47. The van der Waals surface area contributed by atoms with Crippen molar-refractivity contribution < 1.29 is 14.1 Å². The Bertz CT molecular complexity index is 935. The van der Waals surface area contributed by atoms with Gasteiger partial charge in [0.05, 0.1) is 0 Å². The minimum absolute atomic E-state index is 0.110. The second-order valence-corrected chi connectivity index (χ2v) is 7.79. The molecule has 0 atom stereocenters. The number of piperazine rings is 1. The summed E-state index contributed by atoms with van der Waals surface area (Å²) in [5.41, 5.74) is 1.58. The van der Waals surface area contributed by atoms with Gasteiger partial charge in [-0.3, -0.25) is 9.69 Å². The van der Waals surface area contributed by atoms with Crippen LogP contribution in [0.15, 0.2) is 69.7 Å². The van der Waals surface area contributed by atoms with Gasteiger partial charge in [0.2, 0.25) is 5.76 Å². The predicted molar refractivity (Wildman–Crippen MR) is 114 cm³/mol. The first-order chi connectivity index (χ1) is 14.2. The summed E-state index contributed by atoms with van der Waals surface area (Å²) >= 11 is 3.41. The third-order valence-electron chi connectivity index (χ3n) is 4.94. The first kappa shape index (κ1) is 19.7. The van der Waals surface area contributed by atoms with Crippen molar-refractivity contribution in [2.75, 3.05) is 39.3 Å². The number of halogens is 1. The summed E-state index contributed by atoms with van der Waals surface area (Å²) in [5.74, 6) is 1.05. The zero-order chi connectivity index (χ0) is 20.1. The molecular formula is C22H22BrN3O3. The van der Waals surface area contributed by atoms with E-state index in [2.05, 4.69) is 26.0 Å². The van der Waals surface area contributed by atoms with Crippen LogP contribution in [0.25, 0.3) is 11.3 Å². The van der Waals surface area contributed by atoms with E-state index in [1.807, 2.05) is 59.5 Å². The van der Waals surface area contributed by atoms with E-state index in [1.165, 1.54) is 0 Å². The standard InChI is InChI=1S/C22H22BrN3O3/c23-18-8-6-17(7-9-18)20-16-21(29-24-20)22(27)26-12-10-25(11-13-26)14-15-28-19-4-2-1-3-5-19/h1-9,16H,10-15H2. The maximum absolute atomic E-state index is 12.7. The first-order valence-electron chi connectivity index (χ1n) is 9.61. The van der Waals surface area contributed by atoms with Gasteiger partial charge in [-0.25, -0.2) is 0 Å². The van der Waals surface area contributed by atoms with Crippen molar-refractivity contribution >= 4 is 21.8 Å². The third kappa shape index (κ3) is 5.05. The molecule has 0 radical (unpaired) electrons. The van der Waals surface area contributed by atoms with Crippen LogP contribution < -0.4 is 4.74 Å². The molecule has 3 aromatic rings. The Morgan fingerprint density at radius 1 is 1.03 bits per heavy atom. The van der Waals surface area contributed by atoms with E-state index in [9.17, 15) is 4.79 Å². The van der Waals surface area contributed by atoms with Crippen molar-refractivity contribution in [3.05, 3.63) is 70.9 Å². The normalized spacial score (nSPS) is 14.7. The number of benzene rings is 2. The number of carbonyl (C=O) groups excluding carboxylic acids is 1. The van der Waals surface area contributed by atoms with Crippen LogP contribution in [0.1, 0.15) is 10.6 Å². The van der Waals surface area contributed by atoms with Gasteiger partial charge in [-0.05, 0) is 24.3 Å². The minimum atomic E-state index is -0.110. The molecule has 0 spiro atoms. The molecule has 0 unspecified atom stereocenters. The van der Waals surface area contributed by atoms with Crippen molar-refractivity contribution in [2.24, 2.45) is 0 Å². The molecule has 1 saturated heterocycles. The molecule has 7 heteroatoms. The molecule has 1 aliphatic rings. The van der Waals surface area contributed by atoms with Gasteiger partial charge in [0.1, 0.15) is 18.1 Å². The van der Waals surface area contributed by atoms with Gasteiger partial charge >= 0.3 is 0 Å². The summed E-state index contributed by atoms with van der Waals surface area (Å²) < 4.78 is 12.1. The summed E-state index contributed by atoms with van der Waals surface area (Å²) in [6.45, 7) is 4.44. The Kier molecular flexibility index (Phi) is 6.27. The fourth-order valence-electron chi connectivity index (χ4n) is 3.27. The highest BCUT2D eigenvalue weighted by molar-refractivity contribution is 9.10.